The lowest BCUT2D eigenvalue weighted by molar-refractivity contribution is 0.102. The SMILES string of the molecule is Cc1c(F)cccc1NC(=O)c1cc(Cl)c(N)c(Cl)c1. The summed E-state index contributed by atoms with van der Waals surface area (Å²) in [6, 6.07) is 7.26. The Morgan fingerprint density at radius 1 is 1.25 bits per heavy atom. The molecule has 0 saturated carbocycles. The van der Waals surface area contributed by atoms with Crippen molar-refractivity contribution < 1.29 is 9.18 Å². The number of benzene rings is 2. The predicted octanol–water partition coefficient (Wildman–Crippen LogP) is 4.28. The molecular weight excluding hydrogens is 302 g/mol. The Balaban J connectivity index is 2.31. The summed E-state index contributed by atoms with van der Waals surface area (Å²) in [4.78, 5) is 12.1. The number of amides is 1. The van der Waals surface area contributed by atoms with Crippen molar-refractivity contribution in [2.45, 2.75) is 6.92 Å². The van der Waals surface area contributed by atoms with Crippen LogP contribution in [0.4, 0.5) is 15.8 Å². The molecule has 104 valence electrons. The van der Waals surface area contributed by atoms with Gasteiger partial charge in [-0.05, 0) is 31.2 Å². The maximum absolute atomic E-state index is 13.4. The van der Waals surface area contributed by atoms with E-state index < -0.39 is 11.7 Å². The zero-order valence-electron chi connectivity index (χ0n) is 10.5. The van der Waals surface area contributed by atoms with Crippen molar-refractivity contribution in [1.82, 2.24) is 0 Å². The highest BCUT2D eigenvalue weighted by atomic mass is 35.5. The summed E-state index contributed by atoms with van der Waals surface area (Å²) in [6.45, 7) is 1.58. The molecule has 0 atom stereocenters. The molecule has 6 heteroatoms. The summed E-state index contributed by atoms with van der Waals surface area (Å²) >= 11 is 11.7. The van der Waals surface area contributed by atoms with Crippen LogP contribution in [0.1, 0.15) is 15.9 Å². The van der Waals surface area contributed by atoms with E-state index >= 15 is 0 Å². The molecule has 0 radical (unpaired) electrons. The van der Waals surface area contributed by atoms with Gasteiger partial charge in [0.25, 0.3) is 5.91 Å². The molecule has 2 rings (SSSR count). The molecule has 3 nitrogen and oxygen atoms in total. The number of nitrogen functional groups attached to an aromatic ring is 1. The summed E-state index contributed by atoms with van der Waals surface area (Å²) < 4.78 is 13.4. The van der Waals surface area contributed by atoms with Crippen molar-refractivity contribution in [2.24, 2.45) is 0 Å². The van der Waals surface area contributed by atoms with E-state index in [2.05, 4.69) is 5.32 Å². The van der Waals surface area contributed by atoms with Crippen LogP contribution >= 0.6 is 23.2 Å². The minimum absolute atomic E-state index is 0.193. The first-order chi connectivity index (χ1) is 9.40. The molecule has 0 saturated heterocycles. The second-order valence-corrected chi connectivity index (χ2v) is 5.03. The summed E-state index contributed by atoms with van der Waals surface area (Å²) in [5, 5.41) is 2.99. The molecule has 0 bridgehead atoms. The second-order valence-electron chi connectivity index (χ2n) is 4.22. The zero-order valence-corrected chi connectivity index (χ0v) is 12.0. The second kappa shape index (κ2) is 5.69. The third-order valence-corrected chi connectivity index (χ3v) is 3.48. The van der Waals surface area contributed by atoms with Crippen LogP contribution in [0.25, 0.3) is 0 Å². The normalized spacial score (nSPS) is 10.4. The number of rotatable bonds is 2. The molecule has 0 unspecified atom stereocenters. The van der Waals surface area contributed by atoms with Crippen molar-refractivity contribution in [3.8, 4) is 0 Å². The molecular formula is C14H11Cl2FN2O. The van der Waals surface area contributed by atoms with E-state index in [1.807, 2.05) is 0 Å². The van der Waals surface area contributed by atoms with Crippen molar-refractivity contribution in [2.75, 3.05) is 11.1 Å². The molecule has 1 amide bonds. The van der Waals surface area contributed by atoms with Crippen molar-refractivity contribution in [1.29, 1.82) is 0 Å². The first-order valence-corrected chi connectivity index (χ1v) is 6.46. The first kappa shape index (κ1) is 14.6. The largest absolute Gasteiger partial charge is 0.396 e. The van der Waals surface area contributed by atoms with Gasteiger partial charge in [0.15, 0.2) is 0 Å². The fourth-order valence-electron chi connectivity index (χ4n) is 1.65. The lowest BCUT2D eigenvalue weighted by atomic mass is 10.1. The molecule has 0 aromatic heterocycles. The number of nitrogens with one attached hydrogen (secondary N) is 1. The third kappa shape index (κ3) is 2.86. The van der Waals surface area contributed by atoms with Crippen molar-refractivity contribution >= 4 is 40.5 Å². The van der Waals surface area contributed by atoms with Gasteiger partial charge in [-0.2, -0.15) is 0 Å². The van der Waals surface area contributed by atoms with Gasteiger partial charge in [-0.3, -0.25) is 4.79 Å². The van der Waals surface area contributed by atoms with Crippen LogP contribution < -0.4 is 11.1 Å². The summed E-state index contributed by atoms with van der Waals surface area (Å²) in [5.74, 6) is -0.835. The fraction of sp³-hybridized carbons (Fsp3) is 0.0714. The van der Waals surface area contributed by atoms with Crippen LogP contribution in [0, 0.1) is 12.7 Å². The van der Waals surface area contributed by atoms with Gasteiger partial charge >= 0.3 is 0 Å². The van der Waals surface area contributed by atoms with Gasteiger partial charge < -0.3 is 11.1 Å². The topological polar surface area (TPSA) is 55.1 Å². The van der Waals surface area contributed by atoms with Crippen LogP contribution in [0.15, 0.2) is 30.3 Å². The number of nitrogens with two attached hydrogens (primary N) is 1. The van der Waals surface area contributed by atoms with Crippen molar-refractivity contribution in [3.63, 3.8) is 0 Å². The van der Waals surface area contributed by atoms with Gasteiger partial charge in [-0.25, -0.2) is 4.39 Å². The van der Waals surface area contributed by atoms with Gasteiger partial charge in [-0.1, -0.05) is 29.3 Å². The maximum atomic E-state index is 13.4. The standard InChI is InChI=1S/C14H11Cl2FN2O/c1-7-11(17)3-2-4-12(7)19-14(20)8-5-9(15)13(18)10(16)6-8/h2-6H,18H2,1H3,(H,19,20). The van der Waals surface area contributed by atoms with Crippen LogP contribution in [0.5, 0.6) is 0 Å². The Morgan fingerprint density at radius 3 is 2.45 bits per heavy atom. The van der Waals surface area contributed by atoms with E-state index in [1.165, 1.54) is 24.3 Å². The van der Waals surface area contributed by atoms with E-state index in [9.17, 15) is 9.18 Å². The fourth-order valence-corrected chi connectivity index (χ4v) is 2.14. The molecule has 0 aliphatic heterocycles. The summed E-state index contributed by atoms with van der Waals surface area (Å²) in [7, 11) is 0. The van der Waals surface area contributed by atoms with Gasteiger partial charge in [-0.15, -0.1) is 0 Å². The minimum Gasteiger partial charge on any atom is -0.396 e. The van der Waals surface area contributed by atoms with E-state index in [0.717, 1.165) is 0 Å². The third-order valence-electron chi connectivity index (χ3n) is 2.86. The Bertz CT molecular complexity index is 666. The molecule has 0 aliphatic carbocycles. The Morgan fingerprint density at radius 2 is 1.85 bits per heavy atom. The summed E-state index contributed by atoms with van der Waals surface area (Å²) in [5.41, 5.74) is 6.81. The Labute approximate surface area is 125 Å². The zero-order chi connectivity index (χ0) is 14.9. The number of carbonyl (C=O) groups is 1. The average Bonchev–Trinajstić information content (AvgIpc) is 2.40. The molecule has 0 heterocycles. The van der Waals surface area contributed by atoms with Gasteiger partial charge in [0.1, 0.15) is 5.82 Å². The number of hydrogen-bond donors (Lipinski definition) is 2. The molecule has 0 fully saturated rings. The average molecular weight is 313 g/mol. The van der Waals surface area contributed by atoms with Gasteiger partial charge in [0, 0.05) is 16.8 Å². The Kier molecular flexibility index (Phi) is 4.16. The predicted molar refractivity (Wildman–Crippen MR) is 80.0 cm³/mol. The smallest absolute Gasteiger partial charge is 0.255 e. The molecule has 20 heavy (non-hydrogen) atoms. The molecule has 0 aliphatic rings. The lowest BCUT2D eigenvalue weighted by Gasteiger charge is -2.10. The molecule has 2 aromatic carbocycles. The highest BCUT2D eigenvalue weighted by molar-refractivity contribution is 6.39. The minimum atomic E-state index is -0.442. The number of anilines is 2. The van der Waals surface area contributed by atoms with Crippen LogP contribution in [-0.4, -0.2) is 5.91 Å². The van der Waals surface area contributed by atoms with Gasteiger partial charge in [0.2, 0.25) is 0 Å². The molecule has 0 spiro atoms. The Hall–Kier alpha value is -1.78. The van der Waals surface area contributed by atoms with E-state index in [0.29, 0.717) is 11.3 Å². The van der Waals surface area contributed by atoms with E-state index in [1.54, 1.807) is 13.0 Å². The highest BCUT2D eigenvalue weighted by Gasteiger charge is 2.13. The number of carbonyl (C=O) groups excluding carboxylic acids is 1. The lowest BCUT2D eigenvalue weighted by Crippen LogP contribution is -2.13. The number of hydrogen-bond acceptors (Lipinski definition) is 2. The first-order valence-electron chi connectivity index (χ1n) is 5.71. The van der Waals surface area contributed by atoms with Gasteiger partial charge in [0.05, 0.1) is 15.7 Å². The van der Waals surface area contributed by atoms with Crippen LogP contribution in [0.2, 0.25) is 10.0 Å². The van der Waals surface area contributed by atoms with E-state index in [-0.39, 0.29) is 21.3 Å². The maximum Gasteiger partial charge on any atom is 0.255 e. The van der Waals surface area contributed by atoms with Crippen molar-refractivity contribution in [3.05, 3.63) is 57.3 Å². The van der Waals surface area contributed by atoms with Crippen LogP contribution in [0.3, 0.4) is 0 Å². The summed E-state index contributed by atoms with van der Waals surface area (Å²) in [6.07, 6.45) is 0. The van der Waals surface area contributed by atoms with Crippen LogP contribution in [-0.2, 0) is 0 Å². The highest BCUT2D eigenvalue weighted by Crippen LogP contribution is 2.29. The van der Waals surface area contributed by atoms with E-state index in [4.69, 9.17) is 28.9 Å². The molecule has 2 aromatic rings. The number of halogens is 3. The molecule has 3 N–H and O–H groups in total. The quantitative estimate of drug-likeness (QED) is 0.813. The monoisotopic (exact) mass is 312 g/mol.